The first-order chi connectivity index (χ1) is 9.36. The molecule has 0 amide bonds. The van der Waals surface area contributed by atoms with E-state index in [9.17, 15) is 13.2 Å². The molecular weight excluding hydrogens is 289 g/mol. The van der Waals surface area contributed by atoms with Crippen LogP contribution in [0.5, 0.6) is 0 Å². The van der Waals surface area contributed by atoms with Crippen LogP contribution in [0.2, 0.25) is 5.02 Å². The van der Waals surface area contributed by atoms with Gasteiger partial charge in [-0.25, -0.2) is 0 Å². The molecule has 0 saturated heterocycles. The van der Waals surface area contributed by atoms with E-state index in [1.165, 1.54) is 6.07 Å². The van der Waals surface area contributed by atoms with Gasteiger partial charge in [-0.2, -0.15) is 13.2 Å². The first kappa shape index (κ1) is 14.7. The van der Waals surface area contributed by atoms with Crippen molar-refractivity contribution in [2.45, 2.75) is 19.6 Å². The van der Waals surface area contributed by atoms with E-state index in [4.69, 9.17) is 11.6 Å². The molecule has 6 heteroatoms. The van der Waals surface area contributed by atoms with Gasteiger partial charge in [0.15, 0.2) is 0 Å². The van der Waals surface area contributed by atoms with Gasteiger partial charge in [0.25, 0.3) is 0 Å². The maximum Gasteiger partial charge on any atom is 0.416 e. The Morgan fingerprint density at radius 3 is 2.60 bits per heavy atom. The first-order valence-electron chi connectivity index (χ1n) is 5.89. The second-order valence-corrected chi connectivity index (χ2v) is 4.72. The molecule has 1 N–H and O–H groups in total. The third-order valence-electron chi connectivity index (χ3n) is 2.70. The Kier molecular flexibility index (Phi) is 4.18. The third kappa shape index (κ3) is 3.63. The van der Waals surface area contributed by atoms with Crippen molar-refractivity contribution < 1.29 is 13.2 Å². The molecule has 0 atom stereocenters. The Morgan fingerprint density at radius 2 is 1.95 bits per heavy atom. The number of nitrogens with zero attached hydrogens (tertiary/aromatic N) is 1. The van der Waals surface area contributed by atoms with Crippen molar-refractivity contribution >= 4 is 17.3 Å². The highest BCUT2D eigenvalue weighted by Crippen LogP contribution is 2.33. The van der Waals surface area contributed by atoms with Gasteiger partial charge in [-0.15, -0.1) is 0 Å². The van der Waals surface area contributed by atoms with Gasteiger partial charge in [0.1, 0.15) is 0 Å². The zero-order valence-electron chi connectivity index (χ0n) is 10.6. The highest BCUT2D eigenvalue weighted by atomic mass is 35.5. The smallest absolute Gasteiger partial charge is 0.378 e. The van der Waals surface area contributed by atoms with Gasteiger partial charge < -0.3 is 5.32 Å². The predicted octanol–water partition coefficient (Wildman–Crippen LogP) is 4.67. The first-order valence-corrected chi connectivity index (χ1v) is 6.27. The van der Waals surface area contributed by atoms with Crippen molar-refractivity contribution in [3.8, 4) is 0 Å². The lowest BCUT2D eigenvalue weighted by atomic mass is 10.2. The van der Waals surface area contributed by atoms with Gasteiger partial charge >= 0.3 is 6.18 Å². The number of anilines is 1. The van der Waals surface area contributed by atoms with Crippen molar-refractivity contribution in [1.82, 2.24) is 4.98 Å². The minimum atomic E-state index is -4.39. The van der Waals surface area contributed by atoms with E-state index >= 15 is 0 Å². The molecule has 0 unspecified atom stereocenters. The second kappa shape index (κ2) is 5.71. The molecule has 2 nitrogen and oxygen atoms in total. The molecule has 0 aliphatic carbocycles. The van der Waals surface area contributed by atoms with E-state index in [2.05, 4.69) is 10.3 Å². The molecule has 1 heterocycles. The Morgan fingerprint density at radius 1 is 1.20 bits per heavy atom. The number of aromatic nitrogens is 1. The van der Waals surface area contributed by atoms with Gasteiger partial charge in [-0.05, 0) is 37.3 Å². The molecule has 1 aromatic heterocycles. The molecule has 0 fully saturated rings. The molecule has 20 heavy (non-hydrogen) atoms. The molecule has 2 rings (SSSR count). The standard InChI is InChI=1S/C14H12ClF3N2/c1-9-3-2-4-11(20-9)8-19-13-7-10(14(16,17)18)5-6-12(13)15/h2-7,19H,8H2,1H3. The number of halogens is 4. The fourth-order valence-electron chi connectivity index (χ4n) is 1.72. The van der Waals surface area contributed by atoms with Gasteiger partial charge in [0, 0.05) is 5.69 Å². The largest absolute Gasteiger partial charge is 0.416 e. The number of alkyl halides is 3. The molecule has 1 aromatic carbocycles. The molecule has 0 aliphatic heterocycles. The molecule has 2 aromatic rings. The predicted molar refractivity (Wildman–Crippen MR) is 72.8 cm³/mol. The summed E-state index contributed by atoms with van der Waals surface area (Å²) >= 11 is 5.89. The Labute approximate surface area is 119 Å². The molecule has 0 spiro atoms. The topological polar surface area (TPSA) is 24.9 Å². The number of nitrogens with one attached hydrogen (secondary N) is 1. The van der Waals surface area contributed by atoms with Crippen LogP contribution in [-0.2, 0) is 12.7 Å². The van der Waals surface area contributed by atoms with E-state index in [0.717, 1.165) is 23.5 Å². The van der Waals surface area contributed by atoms with Crippen LogP contribution < -0.4 is 5.32 Å². The van der Waals surface area contributed by atoms with Crippen LogP contribution in [0, 0.1) is 6.92 Å². The van der Waals surface area contributed by atoms with Gasteiger partial charge in [0.05, 0.1) is 28.5 Å². The summed E-state index contributed by atoms with van der Waals surface area (Å²) in [7, 11) is 0. The summed E-state index contributed by atoms with van der Waals surface area (Å²) in [4.78, 5) is 4.26. The van der Waals surface area contributed by atoms with E-state index in [1.54, 1.807) is 6.07 Å². The number of rotatable bonds is 3. The molecule has 106 valence electrons. The van der Waals surface area contributed by atoms with E-state index < -0.39 is 11.7 Å². The van der Waals surface area contributed by atoms with Gasteiger partial charge in [-0.3, -0.25) is 4.98 Å². The lowest BCUT2D eigenvalue weighted by Gasteiger charge is -2.12. The van der Waals surface area contributed by atoms with Crippen LogP contribution in [0.4, 0.5) is 18.9 Å². The van der Waals surface area contributed by atoms with Crippen LogP contribution in [0.15, 0.2) is 36.4 Å². The van der Waals surface area contributed by atoms with Gasteiger partial charge in [-0.1, -0.05) is 17.7 Å². The van der Waals surface area contributed by atoms with Crippen molar-refractivity contribution in [3.05, 3.63) is 58.4 Å². The number of aryl methyl sites for hydroxylation is 1. The monoisotopic (exact) mass is 300 g/mol. The van der Waals surface area contributed by atoms with Crippen LogP contribution in [0.1, 0.15) is 17.0 Å². The summed E-state index contributed by atoms with van der Waals surface area (Å²) in [6.07, 6.45) is -4.39. The zero-order valence-corrected chi connectivity index (χ0v) is 11.4. The Bertz CT molecular complexity index is 612. The summed E-state index contributed by atoms with van der Waals surface area (Å²) in [5, 5.41) is 3.12. The number of hydrogen-bond acceptors (Lipinski definition) is 2. The number of benzene rings is 1. The summed E-state index contributed by atoms with van der Waals surface area (Å²) in [6, 6.07) is 8.67. The minimum Gasteiger partial charge on any atom is -0.378 e. The molecule has 0 saturated carbocycles. The lowest BCUT2D eigenvalue weighted by Crippen LogP contribution is -2.07. The number of hydrogen-bond donors (Lipinski definition) is 1. The lowest BCUT2D eigenvalue weighted by molar-refractivity contribution is -0.137. The maximum absolute atomic E-state index is 12.6. The average Bonchev–Trinajstić information content (AvgIpc) is 2.36. The maximum atomic E-state index is 12.6. The van der Waals surface area contributed by atoms with Crippen LogP contribution >= 0.6 is 11.6 Å². The van der Waals surface area contributed by atoms with E-state index in [1.807, 2.05) is 19.1 Å². The van der Waals surface area contributed by atoms with Crippen LogP contribution in [0.3, 0.4) is 0 Å². The fraction of sp³-hybridized carbons (Fsp3) is 0.214. The highest BCUT2D eigenvalue weighted by molar-refractivity contribution is 6.33. The average molecular weight is 301 g/mol. The van der Waals surface area contributed by atoms with Crippen LogP contribution in [0.25, 0.3) is 0 Å². The zero-order chi connectivity index (χ0) is 14.8. The summed E-state index contributed by atoms with van der Waals surface area (Å²) in [6.45, 7) is 2.16. The summed E-state index contributed by atoms with van der Waals surface area (Å²) < 4.78 is 37.9. The van der Waals surface area contributed by atoms with Gasteiger partial charge in [0.2, 0.25) is 0 Å². The minimum absolute atomic E-state index is 0.241. The van der Waals surface area contributed by atoms with Crippen molar-refractivity contribution in [2.75, 3.05) is 5.32 Å². The quantitative estimate of drug-likeness (QED) is 0.890. The summed E-state index contributed by atoms with van der Waals surface area (Å²) in [5.74, 6) is 0. The molecule has 0 radical (unpaired) electrons. The molecule has 0 aliphatic rings. The number of pyridine rings is 1. The molecular formula is C14H12ClF3N2. The molecule has 0 bridgehead atoms. The van der Waals surface area contributed by atoms with Crippen molar-refractivity contribution in [3.63, 3.8) is 0 Å². The van der Waals surface area contributed by atoms with E-state index in [0.29, 0.717) is 6.54 Å². The van der Waals surface area contributed by atoms with Crippen molar-refractivity contribution in [2.24, 2.45) is 0 Å². The van der Waals surface area contributed by atoms with Crippen molar-refractivity contribution in [1.29, 1.82) is 0 Å². The fourth-order valence-corrected chi connectivity index (χ4v) is 1.91. The Balaban J connectivity index is 2.17. The normalized spacial score (nSPS) is 11.4. The Hall–Kier alpha value is -1.75. The van der Waals surface area contributed by atoms with E-state index in [-0.39, 0.29) is 10.7 Å². The third-order valence-corrected chi connectivity index (χ3v) is 3.03. The van der Waals surface area contributed by atoms with Crippen LogP contribution in [-0.4, -0.2) is 4.98 Å². The summed E-state index contributed by atoms with van der Waals surface area (Å²) in [5.41, 5.74) is 1.09. The highest BCUT2D eigenvalue weighted by Gasteiger charge is 2.30. The SMILES string of the molecule is Cc1cccc(CNc2cc(C(F)(F)F)ccc2Cl)n1. The second-order valence-electron chi connectivity index (χ2n) is 4.32.